The zero-order valence-electron chi connectivity index (χ0n) is 19.8. The molecule has 3 aliphatic rings. The van der Waals surface area contributed by atoms with E-state index in [9.17, 15) is 29.9 Å². The number of amides is 2. The highest BCUT2D eigenvalue weighted by atomic mass is 127. The van der Waals surface area contributed by atoms with Crippen molar-refractivity contribution in [3.8, 4) is 11.5 Å². The quantitative estimate of drug-likeness (QED) is 0.229. The predicted octanol–water partition coefficient (Wildman–Crippen LogP) is 1.69. The second kappa shape index (κ2) is 9.28. The Morgan fingerprint density at radius 3 is 2.61 bits per heavy atom. The summed E-state index contributed by atoms with van der Waals surface area (Å²) in [6.45, 7) is 1.92. The molecule has 5 rings (SSSR count). The minimum Gasteiger partial charge on any atom is -0.504 e. The molecule has 190 valence electrons. The molecule has 0 aromatic heterocycles. The van der Waals surface area contributed by atoms with Crippen LogP contribution < -0.4 is 15.1 Å². The average Bonchev–Trinajstić information content (AvgIpc) is 3.33. The number of rotatable bonds is 5. The minimum atomic E-state index is -1.73. The number of nitrogens with zero attached hydrogens (tertiary/aromatic N) is 1. The molecule has 3 fully saturated rings. The summed E-state index contributed by atoms with van der Waals surface area (Å²) in [4.78, 5) is 28.3. The molecule has 2 saturated heterocycles. The fourth-order valence-electron chi connectivity index (χ4n) is 6.17. The second-order valence-electron chi connectivity index (χ2n) is 9.71. The Morgan fingerprint density at radius 2 is 1.94 bits per heavy atom. The Morgan fingerprint density at radius 1 is 1.19 bits per heavy atom. The second-order valence-corrected chi connectivity index (χ2v) is 10.9. The van der Waals surface area contributed by atoms with Crippen LogP contribution in [-0.4, -0.2) is 52.1 Å². The van der Waals surface area contributed by atoms with Crippen LogP contribution in [0.4, 0.5) is 5.69 Å². The summed E-state index contributed by atoms with van der Waals surface area (Å²) in [6, 6.07) is 9.50. The molecule has 0 unspecified atom stereocenters. The molecule has 2 heterocycles. The summed E-state index contributed by atoms with van der Waals surface area (Å²) >= 11 is 2.00. The van der Waals surface area contributed by atoms with Crippen molar-refractivity contribution in [3.05, 3.63) is 45.5 Å². The first-order valence-corrected chi connectivity index (χ1v) is 13.0. The van der Waals surface area contributed by atoms with Gasteiger partial charge in [-0.05, 0) is 77.1 Å². The lowest BCUT2D eigenvalue weighted by Gasteiger charge is -2.44. The van der Waals surface area contributed by atoms with E-state index in [0.717, 1.165) is 4.90 Å². The van der Waals surface area contributed by atoms with Gasteiger partial charge in [-0.25, -0.2) is 0 Å². The smallest absolute Gasteiger partial charge is 0.488 e. The molecule has 0 radical (unpaired) electrons. The number of phenolic OH excluding ortho intramolecular Hbond substituents is 1. The van der Waals surface area contributed by atoms with Gasteiger partial charge in [0.2, 0.25) is 11.8 Å². The van der Waals surface area contributed by atoms with Crippen molar-refractivity contribution in [1.29, 1.82) is 0 Å². The van der Waals surface area contributed by atoms with Gasteiger partial charge in [0.1, 0.15) is 0 Å². The van der Waals surface area contributed by atoms with E-state index in [1.165, 1.54) is 19.2 Å². The molecule has 36 heavy (non-hydrogen) atoms. The van der Waals surface area contributed by atoms with Crippen LogP contribution >= 0.6 is 22.6 Å². The number of carbonyl (C=O) groups is 2. The number of hydrogen-bond donors (Lipinski definition) is 4. The first-order valence-electron chi connectivity index (χ1n) is 11.9. The van der Waals surface area contributed by atoms with E-state index in [1.54, 1.807) is 24.3 Å². The molecule has 4 N–H and O–H groups in total. The number of phenols is 1. The number of benzene rings is 2. The van der Waals surface area contributed by atoms with Crippen LogP contribution in [0.25, 0.3) is 0 Å². The summed E-state index contributed by atoms with van der Waals surface area (Å²) < 4.78 is 12.1. The number of fused-ring (bicyclic) bond motifs is 3. The molecule has 2 amide bonds. The topological polar surface area (TPSA) is 137 Å². The first-order chi connectivity index (χ1) is 17.1. The Balaban J connectivity index is 1.52. The van der Waals surface area contributed by atoms with Gasteiger partial charge < -0.3 is 29.7 Å². The maximum Gasteiger partial charge on any atom is 0.488 e. The van der Waals surface area contributed by atoms with Crippen LogP contribution in [0.1, 0.15) is 37.9 Å². The third-order valence-electron chi connectivity index (χ3n) is 7.93. The number of ether oxygens (including phenoxy) is 2. The van der Waals surface area contributed by atoms with E-state index in [2.05, 4.69) is 0 Å². The lowest BCUT2D eigenvalue weighted by molar-refractivity contribution is -0.269. The van der Waals surface area contributed by atoms with Crippen molar-refractivity contribution in [2.24, 2.45) is 23.7 Å². The first kappa shape index (κ1) is 25.5. The van der Waals surface area contributed by atoms with Crippen molar-refractivity contribution in [1.82, 2.24) is 0 Å². The average molecular weight is 607 g/mol. The van der Waals surface area contributed by atoms with Crippen LogP contribution in [0.5, 0.6) is 11.5 Å². The van der Waals surface area contributed by atoms with Gasteiger partial charge in [0.15, 0.2) is 17.3 Å². The Hall–Kier alpha value is -2.19. The number of halogens is 1. The molecule has 2 aliphatic heterocycles. The summed E-state index contributed by atoms with van der Waals surface area (Å²) in [6.07, 6.45) is 0.634. The van der Waals surface area contributed by atoms with Crippen molar-refractivity contribution >= 4 is 52.7 Å². The van der Waals surface area contributed by atoms with Crippen molar-refractivity contribution < 1.29 is 39.3 Å². The third-order valence-corrected chi connectivity index (χ3v) is 8.75. The van der Waals surface area contributed by atoms with Gasteiger partial charge >= 0.3 is 7.12 Å². The van der Waals surface area contributed by atoms with Crippen LogP contribution in [0.2, 0.25) is 0 Å². The molecule has 11 heteroatoms. The molecular weight excluding hydrogens is 580 g/mol. The van der Waals surface area contributed by atoms with Gasteiger partial charge in [-0.2, -0.15) is 0 Å². The number of aromatic hydroxyl groups is 1. The number of methoxy groups -OCH3 is 1. The third kappa shape index (κ3) is 3.83. The fraction of sp³-hybridized carbons (Fsp3) is 0.440. The molecular formula is C25H27BINO8. The summed E-state index contributed by atoms with van der Waals surface area (Å²) in [7, 11) is -0.277. The minimum absolute atomic E-state index is 0.0184. The zero-order valence-corrected chi connectivity index (χ0v) is 22.0. The van der Waals surface area contributed by atoms with Crippen LogP contribution in [0.15, 0.2) is 36.4 Å². The van der Waals surface area contributed by atoms with E-state index in [1.807, 2.05) is 29.5 Å². The number of anilines is 1. The highest BCUT2D eigenvalue weighted by Crippen LogP contribution is 2.59. The maximum atomic E-state index is 13.7. The number of imide groups is 1. The summed E-state index contributed by atoms with van der Waals surface area (Å²) in [5.74, 6) is -4.39. The molecule has 2 aromatic rings. The highest BCUT2D eigenvalue weighted by molar-refractivity contribution is 14.1. The van der Waals surface area contributed by atoms with Crippen molar-refractivity contribution in [2.45, 2.75) is 38.1 Å². The van der Waals surface area contributed by atoms with E-state index in [4.69, 9.17) is 9.47 Å². The van der Waals surface area contributed by atoms with Crippen molar-refractivity contribution in [3.63, 3.8) is 0 Å². The Labute approximate surface area is 222 Å². The van der Waals surface area contributed by atoms with E-state index < -0.39 is 42.7 Å². The molecule has 1 aliphatic carbocycles. The van der Waals surface area contributed by atoms with Crippen LogP contribution in [0.3, 0.4) is 0 Å². The normalized spacial score (nSPS) is 31.4. The largest absolute Gasteiger partial charge is 0.504 e. The van der Waals surface area contributed by atoms with Gasteiger partial charge in [0, 0.05) is 11.8 Å². The van der Waals surface area contributed by atoms with Gasteiger partial charge in [0.25, 0.3) is 0 Å². The molecule has 2 aromatic carbocycles. The van der Waals surface area contributed by atoms with E-state index >= 15 is 0 Å². The molecule has 0 bridgehead atoms. The standard InChI is InChI=1S/C25H27BINO8/c1-3-13-9-16-21(24(31)28(23(16)30)15-6-4-5-14(10-15)26(33)34)17-11-19(36-25(13,17)32)12-7-18(27)22(29)20(8-12)35-2/h4-8,10,13,16-17,19,21,29,32-34H,3,9,11H2,1-2H3/t13-,16-,17-,19-,21-,25+/m0/s1. The van der Waals surface area contributed by atoms with Gasteiger partial charge in [-0.3, -0.25) is 14.5 Å². The van der Waals surface area contributed by atoms with Crippen LogP contribution in [0, 0.1) is 27.2 Å². The molecule has 0 spiro atoms. The fourth-order valence-corrected chi connectivity index (χ4v) is 6.79. The predicted molar refractivity (Wildman–Crippen MR) is 138 cm³/mol. The highest BCUT2D eigenvalue weighted by Gasteiger charge is 2.66. The SMILES string of the molecule is CC[C@H]1C[C@@H]2C(=O)N(c3cccc(B(O)O)c3)C(=O)[C@@H]2[C@@H]2C[C@@H](c3cc(I)c(O)c(OC)c3)O[C@]12O. The van der Waals surface area contributed by atoms with Gasteiger partial charge in [-0.15, -0.1) is 0 Å². The molecule has 6 atom stereocenters. The summed E-state index contributed by atoms with van der Waals surface area (Å²) in [5, 5.41) is 41.2. The number of aliphatic hydroxyl groups is 1. The molecule has 1 saturated carbocycles. The lowest BCUT2D eigenvalue weighted by atomic mass is 9.64. The maximum absolute atomic E-state index is 13.7. The number of hydrogen-bond acceptors (Lipinski definition) is 8. The van der Waals surface area contributed by atoms with Crippen molar-refractivity contribution in [2.75, 3.05) is 12.0 Å². The summed E-state index contributed by atoms with van der Waals surface area (Å²) in [5.41, 5.74) is 1.16. The number of carbonyl (C=O) groups excluding carboxylic acids is 2. The van der Waals surface area contributed by atoms with E-state index in [0.29, 0.717) is 28.4 Å². The lowest BCUT2D eigenvalue weighted by Crippen LogP contribution is -2.53. The Kier molecular flexibility index (Phi) is 6.57. The van der Waals surface area contributed by atoms with Gasteiger partial charge in [-0.1, -0.05) is 19.1 Å². The monoisotopic (exact) mass is 607 g/mol. The zero-order chi connectivity index (χ0) is 25.9. The van der Waals surface area contributed by atoms with E-state index in [-0.39, 0.29) is 34.5 Å². The van der Waals surface area contributed by atoms with Gasteiger partial charge in [0.05, 0.1) is 34.3 Å². The van der Waals surface area contributed by atoms with Crippen LogP contribution in [-0.2, 0) is 14.3 Å². The molecule has 9 nitrogen and oxygen atoms in total. The Bertz CT molecular complexity index is 1220.